The molecule has 1 aliphatic rings. The Morgan fingerprint density at radius 1 is 1.12 bits per heavy atom. The molecule has 1 aromatic heterocycles. The predicted molar refractivity (Wildman–Crippen MR) is 101 cm³/mol. The topological polar surface area (TPSA) is 92.3 Å². The summed E-state index contributed by atoms with van der Waals surface area (Å²) < 4.78 is 0. The summed E-state index contributed by atoms with van der Waals surface area (Å²) in [4.78, 5) is 22.9. The van der Waals surface area contributed by atoms with Gasteiger partial charge in [0.05, 0.1) is 23.1 Å². The molecule has 0 spiro atoms. The number of hydrogen-bond donors (Lipinski definition) is 2. The molecule has 0 radical (unpaired) electrons. The van der Waals surface area contributed by atoms with Crippen molar-refractivity contribution >= 4 is 22.8 Å². The minimum atomic E-state index is -0.252. The Balaban J connectivity index is 1.67. The van der Waals surface area contributed by atoms with Crippen LogP contribution in [0, 0.1) is 5.92 Å². The van der Waals surface area contributed by atoms with Crippen LogP contribution in [0.3, 0.4) is 0 Å². The Bertz CT molecular complexity index is 956. The minimum absolute atomic E-state index is 0.135. The molecule has 4 rings (SSSR count). The third-order valence-electron chi connectivity index (χ3n) is 4.88. The van der Waals surface area contributed by atoms with Crippen molar-refractivity contribution in [2.75, 3.05) is 18.0 Å². The number of anilines is 1. The van der Waals surface area contributed by atoms with E-state index >= 15 is 0 Å². The molecule has 3 aromatic rings. The van der Waals surface area contributed by atoms with Crippen molar-refractivity contribution in [3.8, 4) is 16.9 Å². The Hall–Kier alpha value is -3.15. The summed E-state index contributed by atoms with van der Waals surface area (Å²) in [6.45, 7) is 1.44. The predicted octanol–water partition coefficient (Wildman–Crippen LogP) is 2.70. The standard InChI is InChI=1S/C20H20N4O2/c21-20(26)15-2-1-9-24(12-15)19-11-22-17-8-5-14(10-18(17)23-19)13-3-6-16(25)7-4-13/h3-8,10-11,15,25H,1-2,9,12H2,(H2,21,26). The van der Waals surface area contributed by atoms with Crippen molar-refractivity contribution < 1.29 is 9.90 Å². The van der Waals surface area contributed by atoms with Crippen LogP contribution in [-0.4, -0.2) is 34.1 Å². The second kappa shape index (κ2) is 6.63. The van der Waals surface area contributed by atoms with Gasteiger partial charge in [-0.1, -0.05) is 18.2 Å². The molecule has 0 aliphatic carbocycles. The van der Waals surface area contributed by atoms with Gasteiger partial charge in [0, 0.05) is 13.1 Å². The number of primary amides is 1. The van der Waals surface area contributed by atoms with Crippen LogP contribution in [0.2, 0.25) is 0 Å². The number of hydrogen-bond acceptors (Lipinski definition) is 5. The van der Waals surface area contributed by atoms with E-state index in [2.05, 4.69) is 9.88 Å². The lowest BCUT2D eigenvalue weighted by Gasteiger charge is -2.31. The average molecular weight is 348 g/mol. The van der Waals surface area contributed by atoms with Gasteiger partial charge in [0.15, 0.2) is 0 Å². The van der Waals surface area contributed by atoms with Gasteiger partial charge in [0.1, 0.15) is 11.6 Å². The van der Waals surface area contributed by atoms with Crippen molar-refractivity contribution in [1.29, 1.82) is 0 Å². The molecule has 1 atom stereocenters. The smallest absolute Gasteiger partial charge is 0.222 e. The lowest BCUT2D eigenvalue weighted by molar-refractivity contribution is -0.122. The average Bonchev–Trinajstić information content (AvgIpc) is 2.68. The number of carbonyl (C=O) groups is 1. The van der Waals surface area contributed by atoms with Crippen LogP contribution in [0.1, 0.15) is 12.8 Å². The Morgan fingerprint density at radius 2 is 1.88 bits per heavy atom. The number of phenols is 1. The SMILES string of the molecule is NC(=O)C1CCCN(c2cnc3ccc(-c4ccc(O)cc4)cc3n2)C1. The van der Waals surface area contributed by atoms with E-state index in [1.807, 2.05) is 30.3 Å². The first-order chi connectivity index (χ1) is 12.6. The lowest BCUT2D eigenvalue weighted by atomic mass is 9.97. The largest absolute Gasteiger partial charge is 0.508 e. The molecule has 0 bridgehead atoms. The minimum Gasteiger partial charge on any atom is -0.508 e. The van der Waals surface area contributed by atoms with Gasteiger partial charge in [0.2, 0.25) is 5.91 Å². The number of aromatic hydroxyl groups is 1. The zero-order valence-corrected chi connectivity index (χ0v) is 14.3. The van der Waals surface area contributed by atoms with E-state index in [0.29, 0.717) is 6.54 Å². The summed E-state index contributed by atoms with van der Waals surface area (Å²) in [5.41, 5.74) is 9.11. The fourth-order valence-electron chi connectivity index (χ4n) is 3.40. The highest BCUT2D eigenvalue weighted by Crippen LogP contribution is 2.27. The fraction of sp³-hybridized carbons (Fsp3) is 0.250. The molecular formula is C20H20N4O2. The first kappa shape index (κ1) is 16.3. The van der Waals surface area contributed by atoms with Gasteiger partial charge < -0.3 is 15.7 Å². The maximum absolute atomic E-state index is 11.5. The van der Waals surface area contributed by atoms with Crippen molar-refractivity contribution in [1.82, 2.24) is 9.97 Å². The van der Waals surface area contributed by atoms with Crippen molar-refractivity contribution in [3.05, 3.63) is 48.7 Å². The maximum atomic E-state index is 11.5. The van der Waals surface area contributed by atoms with Gasteiger partial charge in [0.25, 0.3) is 0 Å². The number of amides is 1. The fourth-order valence-corrected chi connectivity index (χ4v) is 3.40. The third-order valence-corrected chi connectivity index (χ3v) is 4.88. The Labute approximate surface area is 151 Å². The Kier molecular flexibility index (Phi) is 4.16. The Morgan fingerprint density at radius 3 is 2.65 bits per heavy atom. The van der Waals surface area contributed by atoms with Crippen molar-refractivity contribution in [2.24, 2.45) is 11.7 Å². The van der Waals surface area contributed by atoms with Crippen molar-refractivity contribution in [2.45, 2.75) is 12.8 Å². The van der Waals surface area contributed by atoms with E-state index in [0.717, 1.165) is 47.4 Å². The number of phenolic OH excluding ortho intramolecular Hbond substituents is 1. The van der Waals surface area contributed by atoms with E-state index in [9.17, 15) is 9.90 Å². The van der Waals surface area contributed by atoms with Crippen molar-refractivity contribution in [3.63, 3.8) is 0 Å². The molecule has 1 saturated heterocycles. The summed E-state index contributed by atoms with van der Waals surface area (Å²) in [6, 6.07) is 13.0. The molecule has 132 valence electrons. The summed E-state index contributed by atoms with van der Waals surface area (Å²) in [6.07, 6.45) is 3.50. The van der Waals surface area contributed by atoms with Gasteiger partial charge in [-0.2, -0.15) is 0 Å². The van der Waals surface area contributed by atoms with Gasteiger partial charge in [-0.25, -0.2) is 4.98 Å². The van der Waals surface area contributed by atoms with Crippen LogP contribution < -0.4 is 10.6 Å². The van der Waals surface area contributed by atoms with Crippen LogP contribution in [0.15, 0.2) is 48.7 Å². The maximum Gasteiger partial charge on any atom is 0.222 e. The summed E-state index contributed by atoms with van der Waals surface area (Å²) in [5.74, 6) is 0.625. The molecule has 3 N–H and O–H groups in total. The van der Waals surface area contributed by atoms with Crippen LogP contribution in [-0.2, 0) is 4.79 Å². The zero-order chi connectivity index (χ0) is 18.1. The molecule has 1 amide bonds. The number of rotatable bonds is 3. The number of carbonyl (C=O) groups excluding carboxylic acids is 1. The number of aromatic nitrogens is 2. The molecule has 1 fully saturated rings. The molecule has 2 aromatic carbocycles. The summed E-state index contributed by atoms with van der Waals surface area (Å²) in [5, 5.41) is 9.46. The van der Waals surface area contributed by atoms with Crippen LogP contribution in [0.4, 0.5) is 5.82 Å². The highest BCUT2D eigenvalue weighted by molar-refractivity contribution is 5.82. The monoisotopic (exact) mass is 348 g/mol. The van der Waals surface area contributed by atoms with E-state index in [-0.39, 0.29) is 17.6 Å². The number of piperidine rings is 1. The van der Waals surface area contributed by atoms with Crippen LogP contribution in [0.25, 0.3) is 22.2 Å². The first-order valence-electron chi connectivity index (χ1n) is 8.70. The number of fused-ring (bicyclic) bond motifs is 1. The quantitative estimate of drug-likeness (QED) is 0.759. The molecule has 6 heteroatoms. The molecular weight excluding hydrogens is 328 g/mol. The summed E-state index contributed by atoms with van der Waals surface area (Å²) >= 11 is 0. The van der Waals surface area contributed by atoms with E-state index in [4.69, 9.17) is 10.7 Å². The second-order valence-electron chi connectivity index (χ2n) is 6.67. The molecule has 2 heterocycles. The van der Waals surface area contributed by atoms with Gasteiger partial charge in [-0.3, -0.25) is 9.78 Å². The summed E-state index contributed by atoms with van der Waals surface area (Å²) in [7, 11) is 0. The third kappa shape index (κ3) is 3.18. The normalized spacial score (nSPS) is 17.4. The van der Waals surface area contributed by atoms with Gasteiger partial charge >= 0.3 is 0 Å². The van der Waals surface area contributed by atoms with E-state index in [1.165, 1.54) is 0 Å². The highest BCUT2D eigenvalue weighted by atomic mass is 16.3. The van der Waals surface area contributed by atoms with Crippen LogP contribution in [0.5, 0.6) is 5.75 Å². The molecule has 1 aliphatic heterocycles. The number of nitrogens with zero attached hydrogens (tertiary/aromatic N) is 3. The second-order valence-corrected chi connectivity index (χ2v) is 6.67. The molecule has 26 heavy (non-hydrogen) atoms. The van der Waals surface area contributed by atoms with Crippen LogP contribution >= 0.6 is 0 Å². The molecule has 0 saturated carbocycles. The van der Waals surface area contributed by atoms with Gasteiger partial charge in [-0.15, -0.1) is 0 Å². The number of benzene rings is 2. The molecule has 1 unspecified atom stereocenters. The van der Waals surface area contributed by atoms with Gasteiger partial charge in [-0.05, 0) is 48.2 Å². The van der Waals surface area contributed by atoms with E-state index < -0.39 is 0 Å². The highest BCUT2D eigenvalue weighted by Gasteiger charge is 2.25. The molecule has 6 nitrogen and oxygen atoms in total. The lowest BCUT2D eigenvalue weighted by Crippen LogP contribution is -2.41. The number of nitrogens with two attached hydrogens (primary N) is 1. The first-order valence-corrected chi connectivity index (χ1v) is 8.70. The van der Waals surface area contributed by atoms with E-state index in [1.54, 1.807) is 18.3 Å². The zero-order valence-electron chi connectivity index (χ0n) is 14.3.